The highest BCUT2D eigenvalue weighted by atomic mass is 16.5. The summed E-state index contributed by atoms with van der Waals surface area (Å²) < 4.78 is 15.5. The van der Waals surface area contributed by atoms with Gasteiger partial charge in [0, 0.05) is 32.0 Å². The fourth-order valence-electron chi connectivity index (χ4n) is 1.80. The summed E-state index contributed by atoms with van der Waals surface area (Å²) in [5.74, 6) is 1.68. The van der Waals surface area contributed by atoms with Crippen LogP contribution >= 0.6 is 0 Å². The molecule has 0 aliphatic heterocycles. The number of hydrogen-bond acceptors (Lipinski definition) is 5. The zero-order valence-corrected chi connectivity index (χ0v) is 13.8. The predicted octanol–water partition coefficient (Wildman–Crippen LogP) is 1.01. The maximum atomic E-state index is 5.88. The van der Waals surface area contributed by atoms with Gasteiger partial charge in [0.25, 0.3) is 0 Å². The molecule has 0 radical (unpaired) electrons. The predicted molar refractivity (Wildman–Crippen MR) is 89.0 cm³/mol. The highest BCUT2D eigenvalue weighted by molar-refractivity contribution is 5.92. The van der Waals surface area contributed by atoms with E-state index in [1.165, 1.54) is 0 Å². The molecule has 0 bridgehead atoms. The number of hydrogen-bond donors (Lipinski definition) is 2. The summed E-state index contributed by atoms with van der Waals surface area (Å²) in [7, 11) is 6.90. The van der Waals surface area contributed by atoms with Crippen LogP contribution in [0.15, 0.2) is 23.2 Å². The van der Waals surface area contributed by atoms with Crippen LogP contribution in [0.1, 0.15) is 0 Å². The monoisotopic (exact) mass is 310 g/mol. The number of nitrogens with two attached hydrogens (primary N) is 1. The molecule has 124 valence electrons. The van der Waals surface area contributed by atoms with Gasteiger partial charge >= 0.3 is 0 Å². The molecule has 3 N–H and O–H groups in total. The van der Waals surface area contributed by atoms with Gasteiger partial charge in [-0.2, -0.15) is 0 Å². The second-order valence-electron chi connectivity index (χ2n) is 4.76. The molecule has 22 heavy (non-hydrogen) atoms. The molecule has 7 heteroatoms. The summed E-state index contributed by atoms with van der Waals surface area (Å²) in [5, 5.41) is 3.03. The van der Waals surface area contributed by atoms with Gasteiger partial charge in [0.2, 0.25) is 0 Å². The van der Waals surface area contributed by atoms with Crippen molar-refractivity contribution in [1.29, 1.82) is 0 Å². The smallest absolute Gasteiger partial charge is 0.193 e. The molecule has 0 heterocycles. The lowest BCUT2D eigenvalue weighted by atomic mass is 10.3. The largest absolute Gasteiger partial charge is 0.493 e. The lowest BCUT2D eigenvalue weighted by Crippen LogP contribution is -2.28. The highest BCUT2D eigenvalue weighted by Crippen LogP contribution is 2.29. The van der Waals surface area contributed by atoms with Crippen LogP contribution in [0.5, 0.6) is 11.5 Å². The first-order valence-corrected chi connectivity index (χ1v) is 7.07. The molecule has 0 unspecified atom stereocenters. The van der Waals surface area contributed by atoms with E-state index in [0.29, 0.717) is 30.6 Å². The van der Waals surface area contributed by atoms with Gasteiger partial charge in [0.1, 0.15) is 0 Å². The first-order valence-electron chi connectivity index (χ1n) is 7.07. The average molecular weight is 310 g/mol. The molecule has 0 amide bonds. The number of nitrogens with one attached hydrogen (secondary N) is 1. The average Bonchev–Trinajstić information content (AvgIpc) is 2.52. The molecule has 0 aliphatic carbocycles. The van der Waals surface area contributed by atoms with E-state index in [1.54, 1.807) is 21.3 Å². The Morgan fingerprint density at radius 1 is 1.18 bits per heavy atom. The van der Waals surface area contributed by atoms with E-state index in [0.717, 1.165) is 18.8 Å². The van der Waals surface area contributed by atoms with Crippen LogP contribution in [0.3, 0.4) is 0 Å². The van der Waals surface area contributed by atoms with Crippen molar-refractivity contribution in [1.82, 2.24) is 4.90 Å². The van der Waals surface area contributed by atoms with E-state index >= 15 is 0 Å². The van der Waals surface area contributed by atoms with Crippen LogP contribution in [0.2, 0.25) is 0 Å². The normalized spacial score (nSPS) is 11.6. The first-order chi connectivity index (χ1) is 10.6. The van der Waals surface area contributed by atoms with Crippen LogP contribution < -0.4 is 20.5 Å². The van der Waals surface area contributed by atoms with Crippen molar-refractivity contribution in [2.24, 2.45) is 10.7 Å². The van der Waals surface area contributed by atoms with Crippen LogP contribution in [-0.4, -0.2) is 65.5 Å². The van der Waals surface area contributed by atoms with Gasteiger partial charge in [-0.3, -0.25) is 4.99 Å². The number of benzene rings is 1. The fourth-order valence-corrected chi connectivity index (χ4v) is 1.80. The molecule has 7 nitrogen and oxygen atoms in total. The number of anilines is 1. The maximum absolute atomic E-state index is 5.88. The highest BCUT2D eigenvalue weighted by Gasteiger charge is 2.05. The number of likely N-dealkylation sites (N-methyl/N-ethyl adjacent to an activating group) is 1. The molecule has 0 fully saturated rings. The van der Waals surface area contributed by atoms with Crippen LogP contribution in [0, 0.1) is 0 Å². The molecule has 1 aromatic carbocycles. The van der Waals surface area contributed by atoms with Crippen molar-refractivity contribution < 1.29 is 14.2 Å². The van der Waals surface area contributed by atoms with Crippen molar-refractivity contribution in [3.05, 3.63) is 18.2 Å². The summed E-state index contributed by atoms with van der Waals surface area (Å²) in [6.45, 7) is 3.01. The summed E-state index contributed by atoms with van der Waals surface area (Å²) in [6.07, 6.45) is 0. The van der Waals surface area contributed by atoms with E-state index < -0.39 is 0 Å². The summed E-state index contributed by atoms with van der Waals surface area (Å²) in [6, 6.07) is 5.48. The molecular formula is C15H26N4O3. The number of ether oxygens (including phenoxy) is 3. The molecule has 1 rings (SSSR count). The minimum atomic E-state index is 0.368. The molecule has 0 saturated carbocycles. The molecule has 1 aromatic rings. The van der Waals surface area contributed by atoms with Crippen molar-refractivity contribution in [3.63, 3.8) is 0 Å². The number of guanidine groups is 1. The van der Waals surface area contributed by atoms with Gasteiger partial charge in [-0.05, 0) is 19.2 Å². The van der Waals surface area contributed by atoms with E-state index in [9.17, 15) is 0 Å². The zero-order valence-electron chi connectivity index (χ0n) is 13.8. The third kappa shape index (κ3) is 6.19. The maximum Gasteiger partial charge on any atom is 0.193 e. The van der Waals surface area contributed by atoms with Crippen LogP contribution in [0.25, 0.3) is 0 Å². The summed E-state index contributed by atoms with van der Waals surface area (Å²) in [5.41, 5.74) is 6.68. The summed E-state index contributed by atoms with van der Waals surface area (Å²) in [4.78, 5) is 6.43. The van der Waals surface area contributed by atoms with Gasteiger partial charge in [0.15, 0.2) is 17.5 Å². The minimum absolute atomic E-state index is 0.368. The number of aliphatic imine (C=N–C) groups is 1. The lowest BCUT2D eigenvalue weighted by molar-refractivity contribution is 0.163. The number of rotatable bonds is 9. The molecule has 0 atom stereocenters. The van der Waals surface area contributed by atoms with Gasteiger partial charge in [-0.25, -0.2) is 0 Å². The second-order valence-corrected chi connectivity index (χ2v) is 4.76. The Morgan fingerprint density at radius 2 is 1.91 bits per heavy atom. The SMILES string of the molecule is COCCN(C)CCN=C(N)Nc1ccc(OC)c(OC)c1. The second kappa shape index (κ2) is 9.86. The van der Waals surface area contributed by atoms with Crippen LogP contribution in [-0.2, 0) is 4.74 Å². The summed E-state index contributed by atoms with van der Waals surface area (Å²) >= 11 is 0. The fraction of sp³-hybridized carbons (Fsp3) is 0.533. The standard InChI is InChI=1S/C15H26N4O3/c1-19(9-10-20-2)8-7-17-15(16)18-12-5-6-13(21-3)14(11-12)22-4/h5-6,11H,7-10H2,1-4H3,(H3,16,17,18). The molecule has 0 aromatic heterocycles. The Kier molecular flexibility index (Phi) is 8.09. The Hall–Kier alpha value is -1.99. The Bertz CT molecular complexity index is 480. The molecular weight excluding hydrogens is 284 g/mol. The number of methoxy groups -OCH3 is 3. The molecule has 0 spiro atoms. The van der Waals surface area contributed by atoms with E-state index in [4.69, 9.17) is 19.9 Å². The quantitative estimate of drug-likeness (QED) is 0.523. The van der Waals surface area contributed by atoms with E-state index in [-0.39, 0.29) is 0 Å². The Balaban J connectivity index is 2.50. The topological polar surface area (TPSA) is 81.3 Å². The van der Waals surface area contributed by atoms with E-state index in [1.807, 2.05) is 25.2 Å². The Morgan fingerprint density at radius 3 is 2.55 bits per heavy atom. The Labute approximate surface area is 132 Å². The lowest BCUT2D eigenvalue weighted by Gasteiger charge is -2.14. The van der Waals surface area contributed by atoms with Crippen LogP contribution in [0.4, 0.5) is 5.69 Å². The molecule has 0 saturated heterocycles. The van der Waals surface area contributed by atoms with Crippen molar-refractivity contribution in [3.8, 4) is 11.5 Å². The van der Waals surface area contributed by atoms with Gasteiger partial charge in [-0.1, -0.05) is 0 Å². The zero-order chi connectivity index (χ0) is 16.4. The van der Waals surface area contributed by atoms with E-state index in [2.05, 4.69) is 15.2 Å². The first kappa shape index (κ1) is 18.1. The third-order valence-electron chi connectivity index (χ3n) is 3.10. The van der Waals surface area contributed by atoms with Gasteiger partial charge in [0.05, 0.1) is 27.4 Å². The van der Waals surface area contributed by atoms with Crippen molar-refractivity contribution in [2.45, 2.75) is 0 Å². The van der Waals surface area contributed by atoms with Crippen molar-refractivity contribution in [2.75, 3.05) is 59.9 Å². The van der Waals surface area contributed by atoms with Gasteiger partial charge in [-0.15, -0.1) is 0 Å². The van der Waals surface area contributed by atoms with Gasteiger partial charge < -0.3 is 30.2 Å². The number of nitrogens with zero attached hydrogens (tertiary/aromatic N) is 2. The molecule has 0 aliphatic rings. The van der Waals surface area contributed by atoms with Crippen molar-refractivity contribution >= 4 is 11.6 Å². The minimum Gasteiger partial charge on any atom is -0.493 e. The third-order valence-corrected chi connectivity index (χ3v) is 3.10.